The van der Waals surface area contributed by atoms with Crippen LogP contribution < -0.4 is 6.15 Å². The molecule has 0 saturated carbocycles. The predicted molar refractivity (Wildman–Crippen MR) is 147 cm³/mol. The predicted octanol–water partition coefficient (Wildman–Crippen LogP) is 4.83. The molecule has 38 heavy (non-hydrogen) atoms. The molecular formula is C29H37N7O2. The molecule has 2 aromatic carbocycles. The molecule has 4 N–H and O–H groups in total. The summed E-state index contributed by atoms with van der Waals surface area (Å²) in [6.45, 7) is 10.9. The number of hydrogen-bond donors (Lipinski definition) is 2. The summed E-state index contributed by atoms with van der Waals surface area (Å²) >= 11 is 0. The fourth-order valence-corrected chi connectivity index (χ4v) is 5.31. The van der Waals surface area contributed by atoms with Crippen LogP contribution in [0.1, 0.15) is 77.0 Å². The fourth-order valence-electron chi connectivity index (χ4n) is 5.31. The van der Waals surface area contributed by atoms with Gasteiger partial charge in [0.15, 0.2) is 0 Å². The lowest BCUT2D eigenvalue weighted by molar-refractivity contribution is -0.137. The molecule has 2 aromatic heterocycles. The molecule has 1 unspecified atom stereocenters. The van der Waals surface area contributed by atoms with Crippen LogP contribution >= 0.6 is 0 Å². The van der Waals surface area contributed by atoms with E-state index >= 15 is 0 Å². The van der Waals surface area contributed by atoms with Gasteiger partial charge in [-0.3, -0.25) is 9.69 Å². The fraction of sp³-hybridized carbons (Fsp3) is 0.414. The number of carboxylic acid groups (broad SMARTS) is 1. The highest BCUT2D eigenvalue weighted by Crippen LogP contribution is 2.34. The molecule has 0 radical (unpaired) electrons. The second kappa shape index (κ2) is 11.0. The van der Waals surface area contributed by atoms with Crippen molar-refractivity contribution in [3.8, 4) is 0 Å². The van der Waals surface area contributed by atoms with Gasteiger partial charge in [0.1, 0.15) is 11.3 Å². The zero-order chi connectivity index (χ0) is 26.3. The number of carbonyl (C=O) groups is 1. The Kier molecular flexibility index (Phi) is 7.89. The number of fused-ring (bicyclic) bond motifs is 2. The van der Waals surface area contributed by atoms with E-state index in [9.17, 15) is 9.90 Å². The Morgan fingerprint density at radius 2 is 1.95 bits per heavy atom. The van der Waals surface area contributed by atoms with E-state index in [1.165, 1.54) is 16.7 Å². The van der Waals surface area contributed by atoms with E-state index in [1.807, 2.05) is 32.3 Å². The van der Waals surface area contributed by atoms with Crippen LogP contribution in [0.2, 0.25) is 0 Å². The maximum Gasteiger partial charge on any atom is 0.304 e. The lowest BCUT2D eigenvalue weighted by Gasteiger charge is -2.29. The topological polar surface area (TPSA) is 132 Å². The van der Waals surface area contributed by atoms with Gasteiger partial charge in [0.25, 0.3) is 0 Å². The Morgan fingerprint density at radius 1 is 1.16 bits per heavy atom. The molecule has 200 valence electrons. The smallest absolute Gasteiger partial charge is 0.304 e. The summed E-state index contributed by atoms with van der Waals surface area (Å²) in [5.41, 5.74) is 9.51. The molecule has 0 fully saturated rings. The van der Waals surface area contributed by atoms with Crippen LogP contribution in [0.25, 0.3) is 11.0 Å². The molecule has 0 saturated heterocycles. The molecule has 9 heteroatoms. The second-order valence-corrected chi connectivity index (χ2v) is 10.5. The number of aryl methyl sites for hydroxylation is 3. The van der Waals surface area contributed by atoms with E-state index in [-0.39, 0.29) is 18.5 Å². The first-order valence-corrected chi connectivity index (χ1v) is 12.9. The van der Waals surface area contributed by atoms with Gasteiger partial charge >= 0.3 is 5.97 Å². The molecule has 0 bridgehead atoms. The Labute approximate surface area is 223 Å². The maximum absolute atomic E-state index is 11.9. The molecule has 1 atom stereocenters. The minimum Gasteiger partial charge on any atom is -0.481 e. The highest BCUT2D eigenvalue weighted by molar-refractivity contribution is 5.80. The molecular weight excluding hydrogens is 478 g/mol. The summed E-state index contributed by atoms with van der Waals surface area (Å²) in [7, 11) is 1.87. The van der Waals surface area contributed by atoms with E-state index in [1.54, 1.807) is 4.68 Å². The number of benzene rings is 2. The van der Waals surface area contributed by atoms with Gasteiger partial charge in [-0.05, 0) is 59.7 Å². The van der Waals surface area contributed by atoms with Crippen molar-refractivity contribution in [2.45, 2.75) is 65.5 Å². The summed E-state index contributed by atoms with van der Waals surface area (Å²) in [6.07, 6.45) is 2.94. The van der Waals surface area contributed by atoms with Gasteiger partial charge in [-0.15, -0.1) is 5.10 Å². The van der Waals surface area contributed by atoms with Crippen molar-refractivity contribution in [1.82, 2.24) is 36.0 Å². The molecule has 0 amide bonds. The van der Waals surface area contributed by atoms with Crippen LogP contribution in [0.3, 0.4) is 0 Å². The Balaban J connectivity index is 0.00000336. The monoisotopic (exact) mass is 515 g/mol. The average molecular weight is 516 g/mol. The van der Waals surface area contributed by atoms with E-state index < -0.39 is 5.97 Å². The van der Waals surface area contributed by atoms with Crippen LogP contribution in [0.4, 0.5) is 0 Å². The van der Waals surface area contributed by atoms with Crippen molar-refractivity contribution >= 4 is 17.0 Å². The van der Waals surface area contributed by atoms with Gasteiger partial charge < -0.3 is 11.3 Å². The minimum absolute atomic E-state index is 0. The molecule has 1 aliphatic rings. The first-order chi connectivity index (χ1) is 17.7. The van der Waals surface area contributed by atoms with Crippen LogP contribution in [0, 0.1) is 13.8 Å². The molecule has 4 aromatic rings. The van der Waals surface area contributed by atoms with E-state index in [0.29, 0.717) is 5.92 Å². The van der Waals surface area contributed by atoms with Crippen molar-refractivity contribution < 1.29 is 9.90 Å². The molecule has 0 aliphatic carbocycles. The van der Waals surface area contributed by atoms with Crippen LogP contribution in [-0.4, -0.2) is 47.5 Å². The Morgan fingerprint density at radius 3 is 2.68 bits per heavy atom. The van der Waals surface area contributed by atoms with E-state index in [4.69, 9.17) is 4.98 Å². The van der Waals surface area contributed by atoms with Crippen molar-refractivity contribution in [3.05, 3.63) is 81.4 Å². The Hall–Kier alpha value is -3.69. The third-order valence-corrected chi connectivity index (χ3v) is 7.56. The van der Waals surface area contributed by atoms with E-state index in [0.717, 1.165) is 65.3 Å². The number of nitrogens with zero attached hydrogens (tertiary/aromatic N) is 6. The number of carboxylic acids is 1. The lowest BCUT2D eigenvalue weighted by atomic mass is 9.84. The SMILES string of the molecule is Cc1ccc(C(CC(=O)O)c2ccc3c(nnn3C)c2C)cc1CN1CCc2cnc(C(C)C)nc2C1.N. The standard InChI is InChI=1S/C29H34N6O2.H3N/c1-17(2)29-30-14-21-10-11-35(16-25(21)31-29)15-22-12-20(7-6-18(22)3)24(13-27(36)37)23-8-9-26-28(19(23)4)32-33-34(26)5;/h6-9,12,14,17,24H,10-11,13,15-16H2,1-5H3,(H,36,37);1H3. The summed E-state index contributed by atoms with van der Waals surface area (Å²) in [6, 6.07) is 10.4. The first-order valence-electron chi connectivity index (χ1n) is 12.9. The van der Waals surface area contributed by atoms with Crippen molar-refractivity contribution in [2.75, 3.05) is 6.54 Å². The van der Waals surface area contributed by atoms with E-state index in [2.05, 4.69) is 59.2 Å². The molecule has 1 aliphatic heterocycles. The summed E-state index contributed by atoms with van der Waals surface area (Å²) < 4.78 is 1.74. The molecule has 9 nitrogen and oxygen atoms in total. The average Bonchev–Trinajstić information content (AvgIpc) is 3.25. The third-order valence-electron chi connectivity index (χ3n) is 7.56. The Bertz CT molecular complexity index is 1480. The van der Waals surface area contributed by atoms with Crippen LogP contribution in [-0.2, 0) is 31.4 Å². The quantitative estimate of drug-likeness (QED) is 0.358. The maximum atomic E-state index is 11.9. The number of aliphatic carboxylic acids is 1. The number of aromatic nitrogens is 5. The summed E-state index contributed by atoms with van der Waals surface area (Å²) in [5, 5.41) is 18.3. The highest BCUT2D eigenvalue weighted by atomic mass is 16.4. The molecule has 0 spiro atoms. The van der Waals surface area contributed by atoms with Crippen molar-refractivity contribution in [1.29, 1.82) is 0 Å². The zero-order valence-corrected chi connectivity index (χ0v) is 22.9. The van der Waals surface area contributed by atoms with Crippen LogP contribution in [0.5, 0.6) is 0 Å². The minimum atomic E-state index is -0.820. The van der Waals surface area contributed by atoms with Crippen LogP contribution in [0.15, 0.2) is 36.5 Å². The largest absolute Gasteiger partial charge is 0.481 e. The molecule has 3 heterocycles. The van der Waals surface area contributed by atoms with Gasteiger partial charge in [-0.25, -0.2) is 14.6 Å². The second-order valence-electron chi connectivity index (χ2n) is 10.5. The van der Waals surface area contributed by atoms with Gasteiger partial charge in [-0.2, -0.15) is 0 Å². The first kappa shape index (κ1) is 27.3. The van der Waals surface area contributed by atoms with Crippen molar-refractivity contribution in [3.63, 3.8) is 0 Å². The van der Waals surface area contributed by atoms with Crippen molar-refractivity contribution in [2.24, 2.45) is 7.05 Å². The highest BCUT2D eigenvalue weighted by Gasteiger charge is 2.24. The van der Waals surface area contributed by atoms with Gasteiger partial charge in [0.05, 0.1) is 17.6 Å². The summed E-state index contributed by atoms with van der Waals surface area (Å²) in [4.78, 5) is 23.8. The molecule has 5 rings (SSSR count). The number of rotatable bonds is 7. The van der Waals surface area contributed by atoms with Gasteiger partial charge in [0.2, 0.25) is 0 Å². The van der Waals surface area contributed by atoms with Gasteiger partial charge in [-0.1, -0.05) is 43.3 Å². The number of hydrogen-bond acceptors (Lipinski definition) is 7. The van der Waals surface area contributed by atoms with Gasteiger partial charge in [0, 0.05) is 44.7 Å². The third kappa shape index (κ3) is 5.30. The zero-order valence-electron chi connectivity index (χ0n) is 22.9. The lowest BCUT2D eigenvalue weighted by Crippen LogP contribution is -2.31. The normalized spacial score (nSPS) is 14.4. The summed E-state index contributed by atoms with van der Waals surface area (Å²) in [5.74, 6) is 0.103.